The summed E-state index contributed by atoms with van der Waals surface area (Å²) in [4.78, 5) is 43.6. The molecule has 8 nitrogen and oxygen atoms in total. The second-order valence-electron chi connectivity index (χ2n) is 9.27. The Labute approximate surface area is 211 Å². The number of fused-ring (bicyclic) bond motifs is 1. The van der Waals surface area contributed by atoms with Gasteiger partial charge in [-0.15, -0.1) is 0 Å². The summed E-state index contributed by atoms with van der Waals surface area (Å²) in [6.07, 6.45) is 0.126. The monoisotopic (exact) mass is 497 g/mol. The van der Waals surface area contributed by atoms with Gasteiger partial charge in [0.15, 0.2) is 0 Å². The first kappa shape index (κ1) is 25.0. The summed E-state index contributed by atoms with van der Waals surface area (Å²) in [5, 5.41) is 6.80. The molecule has 9 heteroatoms. The molecule has 0 radical (unpaired) electrons. The molecule has 3 atom stereocenters. The molecule has 0 aromatic heterocycles. The van der Waals surface area contributed by atoms with E-state index in [9.17, 15) is 14.4 Å². The largest absolute Gasteiger partial charge is 0.334 e. The van der Waals surface area contributed by atoms with E-state index in [1.54, 1.807) is 32.9 Å². The molecule has 1 N–H and O–H groups in total. The lowest BCUT2D eigenvalue weighted by Gasteiger charge is -2.55. The minimum absolute atomic E-state index is 0.0315. The maximum atomic E-state index is 13.7. The van der Waals surface area contributed by atoms with Crippen molar-refractivity contribution in [3.63, 3.8) is 0 Å². The molecule has 0 bridgehead atoms. The van der Waals surface area contributed by atoms with Gasteiger partial charge >= 0.3 is 6.03 Å². The molecule has 2 saturated heterocycles. The fourth-order valence-corrected chi connectivity index (χ4v) is 5.06. The van der Waals surface area contributed by atoms with Gasteiger partial charge in [0.1, 0.15) is 12.2 Å². The van der Waals surface area contributed by atoms with Crippen molar-refractivity contribution < 1.29 is 14.4 Å². The Morgan fingerprint density at radius 3 is 2.51 bits per heavy atom. The predicted octanol–water partition coefficient (Wildman–Crippen LogP) is 3.32. The van der Waals surface area contributed by atoms with Crippen LogP contribution in [0.25, 0.3) is 0 Å². The third-order valence-electron chi connectivity index (χ3n) is 6.81. The van der Waals surface area contributed by atoms with Gasteiger partial charge in [-0.1, -0.05) is 74.3 Å². The highest BCUT2D eigenvalue weighted by molar-refractivity contribution is 6.30. The molecule has 2 aliphatic rings. The van der Waals surface area contributed by atoms with Gasteiger partial charge in [0.05, 0.1) is 13.1 Å². The van der Waals surface area contributed by atoms with Crippen LogP contribution in [0, 0.1) is 5.92 Å². The van der Waals surface area contributed by atoms with Crippen LogP contribution in [-0.4, -0.2) is 70.0 Å². The number of likely N-dealkylation sites (N-methyl/N-ethyl adjacent to an activating group) is 1. The summed E-state index contributed by atoms with van der Waals surface area (Å²) in [6, 6.07) is 16.1. The number of nitrogens with zero attached hydrogens (tertiary/aromatic N) is 4. The second kappa shape index (κ2) is 10.7. The van der Waals surface area contributed by atoms with Crippen LogP contribution in [0.2, 0.25) is 5.02 Å². The van der Waals surface area contributed by atoms with Crippen LogP contribution in [0.15, 0.2) is 54.6 Å². The average molecular weight is 498 g/mol. The van der Waals surface area contributed by atoms with Crippen LogP contribution in [0.1, 0.15) is 31.4 Å². The van der Waals surface area contributed by atoms with E-state index in [1.807, 2.05) is 62.4 Å². The first-order valence-electron chi connectivity index (χ1n) is 12.0. The zero-order valence-corrected chi connectivity index (χ0v) is 21.1. The number of amides is 4. The predicted molar refractivity (Wildman–Crippen MR) is 134 cm³/mol. The van der Waals surface area contributed by atoms with Crippen LogP contribution < -0.4 is 5.32 Å². The molecule has 186 valence electrons. The molecule has 0 saturated carbocycles. The number of nitrogens with one attached hydrogen (secondary N) is 1. The van der Waals surface area contributed by atoms with E-state index >= 15 is 0 Å². The van der Waals surface area contributed by atoms with E-state index in [4.69, 9.17) is 11.6 Å². The molecule has 0 aliphatic carbocycles. The third-order valence-corrected chi connectivity index (χ3v) is 7.05. The average Bonchev–Trinajstić information content (AvgIpc) is 2.84. The van der Waals surface area contributed by atoms with Crippen molar-refractivity contribution in [1.82, 2.24) is 25.1 Å². The summed E-state index contributed by atoms with van der Waals surface area (Å²) in [5.41, 5.74) is 1.88. The van der Waals surface area contributed by atoms with Crippen molar-refractivity contribution in [3.05, 3.63) is 70.7 Å². The highest BCUT2D eigenvalue weighted by atomic mass is 35.5. The van der Waals surface area contributed by atoms with Gasteiger partial charge in [-0.2, -0.15) is 0 Å². The smallest absolute Gasteiger partial charge is 0.333 e. The first-order chi connectivity index (χ1) is 16.8. The maximum absolute atomic E-state index is 13.7. The minimum atomic E-state index is -0.636. The molecule has 0 spiro atoms. The summed E-state index contributed by atoms with van der Waals surface area (Å²) < 4.78 is 0. The highest BCUT2D eigenvalue weighted by Crippen LogP contribution is 2.31. The zero-order chi connectivity index (χ0) is 25.1. The van der Waals surface area contributed by atoms with Crippen LogP contribution in [-0.2, 0) is 22.7 Å². The Morgan fingerprint density at radius 1 is 1.11 bits per heavy atom. The topological polar surface area (TPSA) is 76.2 Å². The van der Waals surface area contributed by atoms with Crippen LogP contribution in [0.4, 0.5) is 4.79 Å². The molecule has 4 amide bonds. The Balaban J connectivity index is 1.63. The van der Waals surface area contributed by atoms with Gasteiger partial charge in [0.2, 0.25) is 11.8 Å². The fourth-order valence-electron chi connectivity index (χ4n) is 4.85. The summed E-state index contributed by atoms with van der Waals surface area (Å²) in [5.74, 6) is -0.308. The van der Waals surface area contributed by atoms with E-state index in [-0.39, 0.29) is 36.9 Å². The van der Waals surface area contributed by atoms with Crippen LogP contribution in [0.5, 0.6) is 0 Å². The molecule has 35 heavy (non-hydrogen) atoms. The van der Waals surface area contributed by atoms with Crippen molar-refractivity contribution >= 4 is 29.4 Å². The number of carbonyl (C=O) groups excluding carboxylic acids is 3. The van der Waals surface area contributed by atoms with Gasteiger partial charge in [0.25, 0.3) is 0 Å². The molecule has 2 aromatic rings. The Bertz CT molecular complexity index is 1080. The van der Waals surface area contributed by atoms with Crippen molar-refractivity contribution in [2.24, 2.45) is 5.92 Å². The van der Waals surface area contributed by atoms with Crippen LogP contribution in [0.3, 0.4) is 0 Å². The number of piperazine rings is 1. The SMILES string of the molecule is CCC(C)C1C(=O)N(Cc2cccc(Cl)c2)CC2N1C(=O)CN(C)N2C(=O)NCc1ccccc1. The number of benzene rings is 2. The number of hydrogen-bond acceptors (Lipinski definition) is 4. The van der Waals surface area contributed by atoms with E-state index in [2.05, 4.69) is 5.32 Å². The number of urea groups is 1. The van der Waals surface area contributed by atoms with E-state index in [0.29, 0.717) is 18.1 Å². The molecule has 2 heterocycles. The summed E-state index contributed by atoms with van der Waals surface area (Å²) in [6.45, 7) is 4.96. The number of carbonyl (C=O) groups is 3. The second-order valence-corrected chi connectivity index (χ2v) is 9.70. The van der Waals surface area contributed by atoms with Crippen molar-refractivity contribution in [1.29, 1.82) is 0 Å². The number of hydrazine groups is 1. The quantitative estimate of drug-likeness (QED) is 0.664. The lowest BCUT2D eigenvalue weighted by atomic mass is 9.92. The van der Waals surface area contributed by atoms with Gasteiger partial charge in [-0.05, 0) is 29.2 Å². The highest BCUT2D eigenvalue weighted by Gasteiger charge is 2.51. The van der Waals surface area contributed by atoms with E-state index in [1.165, 1.54) is 0 Å². The fraction of sp³-hybridized carbons (Fsp3) is 0.423. The normalized spacial score (nSPS) is 21.7. The number of hydrogen-bond donors (Lipinski definition) is 1. The Morgan fingerprint density at radius 2 is 1.83 bits per heavy atom. The summed E-state index contributed by atoms with van der Waals surface area (Å²) in [7, 11) is 1.73. The van der Waals surface area contributed by atoms with Gasteiger partial charge < -0.3 is 15.1 Å². The summed E-state index contributed by atoms with van der Waals surface area (Å²) >= 11 is 6.18. The molecule has 2 aromatic carbocycles. The molecule has 2 fully saturated rings. The first-order valence-corrected chi connectivity index (χ1v) is 12.3. The van der Waals surface area contributed by atoms with Crippen LogP contribution >= 0.6 is 11.6 Å². The Kier molecular flexibility index (Phi) is 7.62. The molecule has 3 unspecified atom stereocenters. The van der Waals surface area contributed by atoms with Gasteiger partial charge in [-0.3, -0.25) is 9.59 Å². The lowest BCUT2D eigenvalue weighted by Crippen LogP contribution is -2.76. The Hall–Kier alpha value is -3.10. The standard InChI is InChI=1S/C26H32ClN5O3/c1-4-18(2)24-25(34)30(15-20-11-8-12-21(27)13-20)16-22-31(24)23(33)17-29(3)32(22)26(35)28-14-19-9-6-5-7-10-19/h5-13,18,22,24H,4,14-17H2,1-3H3,(H,28,35). The van der Waals surface area contributed by atoms with E-state index in [0.717, 1.165) is 17.5 Å². The maximum Gasteiger partial charge on any atom is 0.334 e. The van der Waals surface area contributed by atoms with E-state index < -0.39 is 12.2 Å². The third kappa shape index (κ3) is 5.28. The number of halogens is 1. The van der Waals surface area contributed by atoms with Crippen molar-refractivity contribution in [2.75, 3.05) is 20.1 Å². The van der Waals surface area contributed by atoms with Gasteiger partial charge in [0, 0.05) is 25.2 Å². The molecule has 2 aliphatic heterocycles. The van der Waals surface area contributed by atoms with Gasteiger partial charge in [-0.25, -0.2) is 14.8 Å². The lowest BCUT2D eigenvalue weighted by molar-refractivity contribution is -0.190. The number of rotatable bonds is 6. The molecular formula is C26H32ClN5O3. The molecular weight excluding hydrogens is 466 g/mol. The van der Waals surface area contributed by atoms with Crippen molar-refractivity contribution in [2.45, 2.75) is 45.6 Å². The molecule has 4 rings (SSSR count). The zero-order valence-electron chi connectivity index (χ0n) is 20.4. The minimum Gasteiger partial charge on any atom is -0.333 e. The van der Waals surface area contributed by atoms with Crippen molar-refractivity contribution in [3.8, 4) is 0 Å².